The predicted molar refractivity (Wildman–Crippen MR) is 87.5 cm³/mol. The van der Waals surface area contributed by atoms with Gasteiger partial charge in [0, 0.05) is 10.9 Å². The third-order valence-electron chi connectivity index (χ3n) is 3.56. The number of aromatic nitrogens is 2. The molecule has 100 valence electrons. The fourth-order valence-electron chi connectivity index (χ4n) is 2.55. The Bertz CT molecular complexity index is 949. The fraction of sp³-hybridized carbons (Fsp3) is 0. The average Bonchev–Trinajstić information content (AvgIpc) is 2.55. The second kappa shape index (κ2) is 4.83. The molecule has 0 bridgehead atoms. The van der Waals surface area contributed by atoms with E-state index < -0.39 is 0 Å². The Labute approximate surface area is 127 Å². The van der Waals surface area contributed by atoms with E-state index in [1.165, 1.54) is 0 Å². The van der Waals surface area contributed by atoms with Gasteiger partial charge >= 0.3 is 0 Å². The van der Waals surface area contributed by atoms with Gasteiger partial charge in [-0.3, -0.25) is 0 Å². The normalized spacial score (nSPS) is 11.1. The Morgan fingerprint density at radius 1 is 0.714 bits per heavy atom. The van der Waals surface area contributed by atoms with Crippen molar-refractivity contribution >= 4 is 33.4 Å². The molecule has 1 heterocycles. The topological polar surface area (TPSA) is 25.8 Å². The number of rotatable bonds is 1. The van der Waals surface area contributed by atoms with Gasteiger partial charge < -0.3 is 0 Å². The molecule has 3 heteroatoms. The SMILES string of the molecule is Clc1nc2ccc3ccccc3c2nc1-c1ccccc1. The fourth-order valence-corrected chi connectivity index (χ4v) is 2.79. The summed E-state index contributed by atoms with van der Waals surface area (Å²) >= 11 is 6.32. The number of nitrogens with zero attached hydrogens (tertiary/aromatic N) is 2. The molecule has 0 radical (unpaired) electrons. The molecular weight excluding hydrogens is 280 g/mol. The molecule has 0 saturated heterocycles. The first-order valence-electron chi connectivity index (χ1n) is 6.73. The minimum atomic E-state index is 0.434. The van der Waals surface area contributed by atoms with Crippen molar-refractivity contribution in [3.63, 3.8) is 0 Å². The van der Waals surface area contributed by atoms with Gasteiger partial charge in [0.25, 0.3) is 0 Å². The summed E-state index contributed by atoms with van der Waals surface area (Å²) < 4.78 is 0. The third-order valence-corrected chi connectivity index (χ3v) is 3.83. The van der Waals surface area contributed by atoms with Crippen LogP contribution in [0.3, 0.4) is 0 Å². The van der Waals surface area contributed by atoms with E-state index in [0.717, 1.165) is 33.1 Å². The summed E-state index contributed by atoms with van der Waals surface area (Å²) in [7, 11) is 0. The summed E-state index contributed by atoms with van der Waals surface area (Å²) in [5.41, 5.74) is 3.40. The van der Waals surface area contributed by atoms with Crippen molar-refractivity contribution in [2.24, 2.45) is 0 Å². The lowest BCUT2D eigenvalue weighted by atomic mass is 10.1. The van der Waals surface area contributed by atoms with Crippen molar-refractivity contribution in [3.05, 3.63) is 71.9 Å². The first-order chi connectivity index (χ1) is 10.3. The second-order valence-electron chi connectivity index (χ2n) is 4.88. The predicted octanol–water partition coefficient (Wildman–Crippen LogP) is 5.10. The maximum Gasteiger partial charge on any atom is 0.156 e. The minimum Gasteiger partial charge on any atom is -0.242 e. The van der Waals surface area contributed by atoms with E-state index in [-0.39, 0.29) is 0 Å². The molecule has 0 aliphatic heterocycles. The summed E-state index contributed by atoms with van der Waals surface area (Å²) in [5.74, 6) is 0. The van der Waals surface area contributed by atoms with Gasteiger partial charge in [-0.25, -0.2) is 9.97 Å². The smallest absolute Gasteiger partial charge is 0.156 e. The van der Waals surface area contributed by atoms with Crippen molar-refractivity contribution in [2.45, 2.75) is 0 Å². The Hall–Kier alpha value is -2.45. The van der Waals surface area contributed by atoms with Crippen molar-refractivity contribution in [3.8, 4) is 11.3 Å². The molecule has 3 aromatic carbocycles. The highest BCUT2D eigenvalue weighted by atomic mass is 35.5. The minimum absolute atomic E-state index is 0.434. The van der Waals surface area contributed by atoms with Gasteiger partial charge in [0.2, 0.25) is 0 Å². The van der Waals surface area contributed by atoms with Crippen LogP contribution in [0.2, 0.25) is 5.15 Å². The summed E-state index contributed by atoms with van der Waals surface area (Å²) in [6.07, 6.45) is 0. The van der Waals surface area contributed by atoms with Gasteiger partial charge in [0.1, 0.15) is 5.69 Å². The standard InChI is InChI=1S/C18H11ClN2/c19-18-16(13-7-2-1-3-8-13)21-17-14-9-5-4-6-12(14)10-11-15(17)20-18/h1-11H. The molecule has 0 unspecified atom stereocenters. The largest absolute Gasteiger partial charge is 0.242 e. The Morgan fingerprint density at radius 2 is 1.48 bits per heavy atom. The van der Waals surface area contributed by atoms with Gasteiger partial charge in [-0.2, -0.15) is 0 Å². The molecule has 2 nitrogen and oxygen atoms in total. The molecule has 1 aromatic heterocycles. The molecule has 4 rings (SSSR count). The van der Waals surface area contributed by atoms with Crippen molar-refractivity contribution in [1.29, 1.82) is 0 Å². The van der Waals surface area contributed by atoms with E-state index in [4.69, 9.17) is 16.6 Å². The molecule has 0 saturated carbocycles. The van der Waals surface area contributed by atoms with Crippen LogP contribution in [0.15, 0.2) is 66.7 Å². The number of fused-ring (bicyclic) bond motifs is 3. The van der Waals surface area contributed by atoms with E-state index in [1.807, 2.05) is 54.6 Å². The van der Waals surface area contributed by atoms with Crippen LogP contribution in [0.5, 0.6) is 0 Å². The Balaban J connectivity index is 2.09. The van der Waals surface area contributed by atoms with Crippen molar-refractivity contribution in [2.75, 3.05) is 0 Å². The van der Waals surface area contributed by atoms with Crippen LogP contribution < -0.4 is 0 Å². The number of benzene rings is 3. The molecule has 0 fully saturated rings. The van der Waals surface area contributed by atoms with E-state index in [2.05, 4.69) is 17.1 Å². The van der Waals surface area contributed by atoms with E-state index >= 15 is 0 Å². The van der Waals surface area contributed by atoms with E-state index in [9.17, 15) is 0 Å². The first kappa shape index (κ1) is 12.3. The number of hydrogen-bond acceptors (Lipinski definition) is 2. The second-order valence-corrected chi connectivity index (χ2v) is 5.24. The molecule has 0 atom stereocenters. The van der Waals surface area contributed by atoms with Crippen LogP contribution in [0.25, 0.3) is 33.1 Å². The van der Waals surface area contributed by atoms with Crippen molar-refractivity contribution < 1.29 is 0 Å². The van der Waals surface area contributed by atoms with Crippen LogP contribution in [0.4, 0.5) is 0 Å². The highest BCUT2D eigenvalue weighted by Crippen LogP contribution is 2.29. The van der Waals surface area contributed by atoms with Crippen LogP contribution in [-0.2, 0) is 0 Å². The van der Waals surface area contributed by atoms with Crippen LogP contribution in [0, 0.1) is 0 Å². The highest BCUT2D eigenvalue weighted by Gasteiger charge is 2.10. The third kappa shape index (κ3) is 2.05. The Kier molecular flexibility index (Phi) is 2.83. The zero-order chi connectivity index (χ0) is 14.2. The zero-order valence-electron chi connectivity index (χ0n) is 11.1. The molecule has 4 aromatic rings. The molecule has 0 aliphatic carbocycles. The summed E-state index contributed by atoms with van der Waals surface area (Å²) in [6.45, 7) is 0. The number of halogens is 1. The Morgan fingerprint density at radius 3 is 2.33 bits per heavy atom. The lowest BCUT2D eigenvalue weighted by Crippen LogP contribution is -1.92. The molecule has 0 spiro atoms. The van der Waals surface area contributed by atoms with Crippen LogP contribution >= 0.6 is 11.6 Å². The first-order valence-corrected chi connectivity index (χ1v) is 7.11. The van der Waals surface area contributed by atoms with E-state index in [1.54, 1.807) is 0 Å². The van der Waals surface area contributed by atoms with Gasteiger partial charge in [-0.15, -0.1) is 0 Å². The van der Waals surface area contributed by atoms with Crippen molar-refractivity contribution in [1.82, 2.24) is 9.97 Å². The molecule has 21 heavy (non-hydrogen) atoms. The van der Waals surface area contributed by atoms with Crippen LogP contribution in [-0.4, -0.2) is 9.97 Å². The molecule has 0 N–H and O–H groups in total. The quantitative estimate of drug-likeness (QED) is 0.456. The van der Waals surface area contributed by atoms with E-state index in [0.29, 0.717) is 5.15 Å². The number of hydrogen-bond donors (Lipinski definition) is 0. The summed E-state index contributed by atoms with van der Waals surface area (Å²) in [4.78, 5) is 9.28. The summed E-state index contributed by atoms with van der Waals surface area (Å²) in [6, 6.07) is 22.1. The maximum absolute atomic E-state index is 6.32. The monoisotopic (exact) mass is 290 g/mol. The van der Waals surface area contributed by atoms with Gasteiger partial charge in [0.15, 0.2) is 5.15 Å². The lowest BCUT2D eigenvalue weighted by Gasteiger charge is -2.07. The molecule has 0 amide bonds. The van der Waals surface area contributed by atoms with Gasteiger partial charge in [0.05, 0.1) is 11.0 Å². The lowest BCUT2D eigenvalue weighted by molar-refractivity contribution is 1.30. The zero-order valence-corrected chi connectivity index (χ0v) is 11.9. The maximum atomic E-state index is 6.32. The average molecular weight is 291 g/mol. The summed E-state index contributed by atoms with van der Waals surface area (Å²) in [5, 5.41) is 2.68. The molecular formula is C18H11ClN2. The highest BCUT2D eigenvalue weighted by molar-refractivity contribution is 6.32. The molecule has 0 aliphatic rings. The van der Waals surface area contributed by atoms with Crippen LogP contribution in [0.1, 0.15) is 0 Å². The van der Waals surface area contributed by atoms with Gasteiger partial charge in [-0.05, 0) is 11.5 Å². The van der Waals surface area contributed by atoms with Gasteiger partial charge in [-0.1, -0.05) is 72.3 Å².